The number of amides is 1. The number of carbonyl (C=O) groups excluding carboxylic acids is 1. The molecule has 102 valence electrons. The SMILES string of the molecule is N#Cc1ccc(NC(=O)c2n[nH]c3ccccc23)c(F)c1. The van der Waals surface area contributed by atoms with Crippen LogP contribution in [0.15, 0.2) is 42.5 Å². The van der Waals surface area contributed by atoms with Gasteiger partial charge in [0.05, 0.1) is 22.8 Å². The van der Waals surface area contributed by atoms with Gasteiger partial charge in [0, 0.05) is 5.39 Å². The first kappa shape index (κ1) is 12.8. The normalized spacial score (nSPS) is 10.3. The third-order valence-electron chi connectivity index (χ3n) is 3.03. The predicted octanol–water partition coefficient (Wildman–Crippen LogP) is 2.83. The third kappa shape index (κ3) is 2.32. The number of hydrogen-bond donors (Lipinski definition) is 2. The number of nitriles is 1. The standard InChI is InChI=1S/C15H9FN4O/c16-11-7-9(8-17)5-6-13(11)18-15(21)14-10-3-1-2-4-12(10)19-20-14/h1-7H,(H,18,21)(H,19,20). The fourth-order valence-corrected chi connectivity index (χ4v) is 2.00. The Kier molecular flexibility index (Phi) is 3.09. The van der Waals surface area contributed by atoms with Gasteiger partial charge in [0.15, 0.2) is 5.69 Å². The lowest BCUT2D eigenvalue weighted by Crippen LogP contribution is -2.14. The lowest BCUT2D eigenvalue weighted by atomic mass is 10.2. The van der Waals surface area contributed by atoms with Gasteiger partial charge < -0.3 is 5.32 Å². The number of nitrogens with zero attached hydrogens (tertiary/aromatic N) is 2. The number of anilines is 1. The quantitative estimate of drug-likeness (QED) is 0.757. The van der Waals surface area contributed by atoms with E-state index in [9.17, 15) is 9.18 Å². The van der Waals surface area contributed by atoms with Gasteiger partial charge in [0.25, 0.3) is 5.91 Å². The number of fused-ring (bicyclic) bond motifs is 1. The van der Waals surface area contributed by atoms with Gasteiger partial charge in [-0.1, -0.05) is 18.2 Å². The summed E-state index contributed by atoms with van der Waals surface area (Å²) in [7, 11) is 0. The summed E-state index contributed by atoms with van der Waals surface area (Å²) in [5, 5.41) is 18.5. The molecule has 2 aromatic carbocycles. The van der Waals surface area contributed by atoms with Gasteiger partial charge in [-0.3, -0.25) is 9.89 Å². The van der Waals surface area contributed by atoms with Crippen molar-refractivity contribution < 1.29 is 9.18 Å². The van der Waals surface area contributed by atoms with Crippen LogP contribution in [-0.4, -0.2) is 16.1 Å². The number of nitrogens with one attached hydrogen (secondary N) is 2. The minimum atomic E-state index is -0.665. The largest absolute Gasteiger partial charge is 0.318 e. The highest BCUT2D eigenvalue weighted by atomic mass is 19.1. The van der Waals surface area contributed by atoms with E-state index < -0.39 is 11.7 Å². The molecule has 0 saturated heterocycles. The van der Waals surface area contributed by atoms with Crippen molar-refractivity contribution in [3.05, 3.63) is 59.5 Å². The molecule has 0 saturated carbocycles. The molecule has 0 spiro atoms. The number of carbonyl (C=O) groups is 1. The maximum atomic E-state index is 13.8. The van der Waals surface area contributed by atoms with Gasteiger partial charge in [0.1, 0.15) is 5.82 Å². The molecule has 0 atom stereocenters. The van der Waals surface area contributed by atoms with Crippen molar-refractivity contribution in [3.8, 4) is 6.07 Å². The summed E-state index contributed by atoms with van der Waals surface area (Å²) in [6, 6.07) is 12.8. The number of para-hydroxylation sites is 1. The number of halogens is 1. The lowest BCUT2D eigenvalue weighted by molar-refractivity contribution is 0.102. The van der Waals surface area contributed by atoms with Crippen molar-refractivity contribution in [1.82, 2.24) is 10.2 Å². The van der Waals surface area contributed by atoms with Crippen LogP contribution in [0.3, 0.4) is 0 Å². The maximum Gasteiger partial charge on any atom is 0.276 e. The van der Waals surface area contributed by atoms with Gasteiger partial charge in [-0.05, 0) is 24.3 Å². The first-order chi connectivity index (χ1) is 10.2. The highest BCUT2D eigenvalue weighted by Gasteiger charge is 2.15. The minimum absolute atomic E-state index is 0.00563. The second kappa shape index (κ2) is 5.06. The molecular formula is C15H9FN4O. The zero-order valence-corrected chi connectivity index (χ0v) is 10.7. The Balaban J connectivity index is 1.92. The van der Waals surface area contributed by atoms with E-state index in [1.54, 1.807) is 18.2 Å². The Labute approximate surface area is 119 Å². The number of hydrogen-bond acceptors (Lipinski definition) is 3. The van der Waals surface area contributed by atoms with Crippen molar-refractivity contribution in [2.24, 2.45) is 0 Å². The van der Waals surface area contributed by atoms with Gasteiger partial charge in [0.2, 0.25) is 0 Å². The minimum Gasteiger partial charge on any atom is -0.318 e. The molecule has 0 fully saturated rings. The van der Waals surface area contributed by atoms with Crippen molar-refractivity contribution in [1.29, 1.82) is 5.26 Å². The van der Waals surface area contributed by atoms with Crippen LogP contribution in [0.2, 0.25) is 0 Å². The molecule has 0 bridgehead atoms. The van der Waals surface area contributed by atoms with Crippen molar-refractivity contribution in [2.45, 2.75) is 0 Å². The number of aromatic amines is 1. The Hall–Kier alpha value is -3.20. The van der Waals surface area contributed by atoms with Crippen LogP contribution in [0.1, 0.15) is 16.1 Å². The number of H-pyrrole nitrogens is 1. The molecule has 3 rings (SSSR count). The third-order valence-corrected chi connectivity index (χ3v) is 3.03. The number of rotatable bonds is 2. The van der Waals surface area contributed by atoms with E-state index in [4.69, 9.17) is 5.26 Å². The molecule has 1 amide bonds. The Morgan fingerprint density at radius 3 is 2.86 bits per heavy atom. The smallest absolute Gasteiger partial charge is 0.276 e. The fraction of sp³-hybridized carbons (Fsp3) is 0. The first-order valence-corrected chi connectivity index (χ1v) is 6.13. The highest BCUT2D eigenvalue weighted by molar-refractivity contribution is 6.11. The maximum absolute atomic E-state index is 13.8. The van der Waals surface area contributed by atoms with Gasteiger partial charge in [-0.2, -0.15) is 10.4 Å². The molecule has 0 aliphatic carbocycles. The van der Waals surface area contributed by atoms with Crippen LogP contribution >= 0.6 is 0 Å². The molecule has 21 heavy (non-hydrogen) atoms. The monoisotopic (exact) mass is 280 g/mol. The highest BCUT2D eigenvalue weighted by Crippen LogP contribution is 2.19. The van der Waals surface area contributed by atoms with E-state index in [-0.39, 0.29) is 16.9 Å². The van der Waals surface area contributed by atoms with Gasteiger partial charge >= 0.3 is 0 Å². The summed E-state index contributed by atoms with van der Waals surface area (Å²) >= 11 is 0. The van der Waals surface area contributed by atoms with E-state index in [1.807, 2.05) is 12.1 Å². The summed E-state index contributed by atoms with van der Waals surface area (Å²) in [4.78, 5) is 12.2. The van der Waals surface area contributed by atoms with Crippen LogP contribution in [0.5, 0.6) is 0 Å². The fourth-order valence-electron chi connectivity index (χ4n) is 2.00. The number of benzene rings is 2. The van der Waals surface area contributed by atoms with E-state index in [0.717, 1.165) is 11.6 Å². The summed E-state index contributed by atoms with van der Waals surface area (Å²) in [6.07, 6.45) is 0. The average Bonchev–Trinajstić information content (AvgIpc) is 2.93. The van der Waals surface area contributed by atoms with E-state index >= 15 is 0 Å². The molecule has 6 heteroatoms. The zero-order valence-electron chi connectivity index (χ0n) is 10.7. The number of aromatic nitrogens is 2. The Morgan fingerprint density at radius 1 is 1.29 bits per heavy atom. The van der Waals surface area contributed by atoms with Crippen LogP contribution < -0.4 is 5.32 Å². The molecule has 1 heterocycles. The van der Waals surface area contributed by atoms with E-state index in [0.29, 0.717) is 5.39 Å². The topological polar surface area (TPSA) is 81.6 Å². The summed E-state index contributed by atoms with van der Waals surface area (Å²) in [5.41, 5.74) is 1.11. The molecule has 2 N–H and O–H groups in total. The van der Waals surface area contributed by atoms with Crippen LogP contribution in [0, 0.1) is 17.1 Å². The second-order valence-corrected chi connectivity index (χ2v) is 4.38. The summed E-state index contributed by atoms with van der Waals surface area (Å²) < 4.78 is 13.8. The van der Waals surface area contributed by atoms with Crippen LogP contribution in [0.4, 0.5) is 10.1 Å². The van der Waals surface area contributed by atoms with E-state index in [2.05, 4.69) is 15.5 Å². The zero-order chi connectivity index (χ0) is 14.8. The second-order valence-electron chi connectivity index (χ2n) is 4.38. The molecule has 0 aliphatic heterocycles. The summed E-state index contributed by atoms with van der Waals surface area (Å²) in [5.74, 6) is -1.18. The molecule has 0 aliphatic rings. The van der Waals surface area contributed by atoms with Gasteiger partial charge in [-0.15, -0.1) is 0 Å². The molecule has 3 aromatic rings. The molecule has 1 aromatic heterocycles. The van der Waals surface area contributed by atoms with Crippen LogP contribution in [0.25, 0.3) is 10.9 Å². The van der Waals surface area contributed by atoms with Crippen molar-refractivity contribution in [3.63, 3.8) is 0 Å². The molecule has 5 nitrogen and oxygen atoms in total. The molecule has 0 unspecified atom stereocenters. The van der Waals surface area contributed by atoms with Crippen molar-refractivity contribution in [2.75, 3.05) is 5.32 Å². The lowest BCUT2D eigenvalue weighted by Gasteiger charge is -2.05. The van der Waals surface area contributed by atoms with Crippen LogP contribution in [-0.2, 0) is 0 Å². The average molecular weight is 280 g/mol. The van der Waals surface area contributed by atoms with E-state index in [1.165, 1.54) is 12.1 Å². The Morgan fingerprint density at radius 2 is 2.10 bits per heavy atom. The summed E-state index contributed by atoms with van der Waals surface area (Å²) in [6.45, 7) is 0. The van der Waals surface area contributed by atoms with Crippen molar-refractivity contribution >= 4 is 22.5 Å². The predicted molar refractivity (Wildman–Crippen MR) is 75.2 cm³/mol. The molecular weight excluding hydrogens is 271 g/mol. The molecule has 0 radical (unpaired) electrons. The van der Waals surface area contributed by atoms with Gasteiger partial charge in [-0.25, -0.2) is 4.39 Å². The Bertz CT molecular complexity index is 879. The first-order valence-electron chi connectivity index (χ1n) is 6.13.